The molecule has 1 aliphatic rings. The molecule has 1 aliphatic heterocycles. The summed E-state index contributed by atoms with van der Waals surface area (Å²) < 4.78 is 59.1. The molecule has 1 amide bonds. The Labute approximate surface area is 295 Å². The fourth-order valence-corrected chi connectivity index (χ4v) is 5.66. The molecule has 0 radical (unpaired) electrons. The Kier molecular flexibility index (Phi) is 13.0. The monoisotopic (exact) mass is 731 g/mol. The fraction of sp³-hybridized carbons (Fsp3) is 0.222. The first-order valence-electron chi connectivity index (χ1n) is 15.0. The first kappa shape index (κ1) is 37.9. The summed E-state index contributed by atoms with van der Waals surface area (Å²) in [4.78, 5) is 43.3. The second-order valence-corrected chi connectivity index (χ2v) is 11.5. The number of halogens is 6. The smallest absolute Gasteiger partial charge is 0.387 e. The third-order valence-electron chi connectivity index (χ3n) is 7.63. The molecule has 5 rings (SSSR count). The molecular weight excluding hydrogens is 701 g/mol. The maximum absolute atomic E-state index is 13.1. The van der Waals surface area contributed by atoms with Crippen molar-refractivity contribution in [2.45, 2.75) is 31.6 Å². The first-order chi connectivity index (χ1) is 23.9. The average molecular weight is 733 g/mol. The Balaban J connectivity index is 0.000000228. The van der Waals surface area contributed by atoms with Gasteiger partial charge in [-0.2, -0.15) is 17.6 Å². The van der Waals surface area contributed by atoms with Crippen molar-refractivity contribution in [3.63, 3.8) is 0 Å². The maximum atomic E-state index is 13.1. The second-order valence-electron chi connectivity index (χ2n) is 10.7. The average Bonchev–Trinajstić information content (AvgIpc) is 3.34. The SMILES string of the molecule is CN1C(=O)C(c2ccccc2)(c2ccc(OC(F)F)c(CCCl)c2)N=C1N.O=C(C(=O)c1ccc(OC(F)F)c(CCCl)c1)c1ccccc1. The number of nitrogens with zero attached hydrogens (tertiary/aromatic N) is 2. The minimum Gasteiger partial charge on any atom is -0.435 e. The highest BCUT2D eigenvalue weighted by molar-refractivity contribution is 6.49. The van der Waals surface area contributed by atoms with Crippen LogP contribution in [0.1, 0.15) is 43.0 Å². The van der Waals surface area contributed by atoms with Crippen molar-refractivity contribution < 1.29 is 41.4 Å². The summed E-state index contributed by atoms with van der Waals surface area (Å²) in [5, 5.41) is 0. The van der Waals surface area contributed by atoms with Crippen molar-refractivity contribution in [3.8, 4) is 11.5 Å². The lowest BCUT2D eigenvalue weighted by Gasteiger charge is -2.27. The molecule has 0 saturated heterocycles. The number of carbonyl (C=O) groups is 3. The molecule has 0 saturated carbocycles. The van der Waals surface area contributed by atoms with Gasteiger partial charge in [0.05, 0.1) is 0 Å². The molecule has 2 N–H and O–H groups in total. The molecule has 1 heterocycles. The standard InChI is InChI=1S/C19H18ClF2N3O2.C17H13ClF2O3/c1-25-16(26)19(24-18(25)23,13-5-3-2-4-6-13)14-7-8-15(27-17(21)22)12(11-14)9-10-20;18-9-8-12-10-13(6-7-14(12)23-17(19)20)16(22)15(21)11-4-2-1-3-5-11/h2-8,11,17H,9-10H2,1H3,(H2,23,24);1-7,10,17H,8-9H2. The zero-order chi connectivity index (χ0) is 36.4. The molecule has 4 aromatic carbocycles. The van der Waals surface area contributed by atoms with Crippen molar-refractivity contribution in [2.75, 3.05) is 18.8 Å². The van der Waals surface area contributed by atoms with Crippen LogP contribution in [0, 0.1) is 0 Å². The minimum atomic E-state index is -2.98. The molecule has 14 heteroatoms. The number of ketones is 2. The summed E-state index contributed by atoms with van der Waals surface area (Å²) in [6.45, 7) is -5.93. The van der Waals surface area contributed by atoms with Crippen LogP contribution in [0.3, 0.4) is 0 Å². The van der Waals surface area contributed by atoms with Crippen LogP contribution in [0.25, 0.3) is 0 Å². The number of hydrogen-bond acceptors (Lipinski definition) is 7. The number of aryl methyl sites for hydroxylation is 2. The molecule has 0 bridgehead atoms. The Morgan fingerprint density at radius 3 is 1.74 bits per heavy atom. The number of carbonyl (C=O) groups excluding carboxylic acids is 3. The van der Waals surface area contributed by atoms with Crippen LogP contribution in [0.5, 0.6) is 11.5 Å². The topological polar surface area (TPSA) is 111 Å². The molecule has 0 spiro atoms. The van der Waals surface area contributed by atoms with Gasteiger partial charge >= 0.3 is 13.2 Å². The van der Waals surface area contributed by atoms with Crippen LogP contribution >= 0.6 is 23.2 Å². The van der Waals surface area contributed by atoms with E-state index in [0.717, 1.165) is 0 Å². The number of amides is 1. The molecule has 0 aromatic heterocycles. The van der Waals surface area contributed by atoms with Crippen LogP contribution in [0.15, 0.2) is 102 Å². The molecule has 4 aromatic rings. The number of nitrogens with two attached hydrogens (primary N) is 1. The quantitative estimate of drug-likeness (QED) is 0.0672. The van der Waals surface area contributed by atoms with Crippen molar-refractivity contribution in [2.24, 2.45) is 10.7 Å². The number of likely N-dealkylation sites (N-methyl/N-ethyl adjacent to an activating group) is 1. The molecule has 50 heavy (non-hydrogen) atoms. The van der Waals surface area contributed by atoms with E-state index in [2.05, 4.69) is 14.5 Å². The fourth-order valence-electron chi connectivity index (χ4n) is 5.26. The zero-order valence-corrected chi connectivity index (χ0v) is 28.0. The van der Waals surface area contributed by atoms with E-state index in [1.54, 1.807) is 61.6 Å². The third-order valence-corrected chi connectivity index (χ3v) is 8.01. The molecule has 1 unspecified atom stereocenters. The van der Waals surface area contributed by atoms with Crippen LogP contribution in [-0.4, -0.2) is 60.4 Å². The Morgan fingerprint density at radius 1 is 0.740 bits per heavy atom. The highest BCUT2D eigenvalue weighted by Crippen LogP contribution is 2.41. The summed E-state index contributed by atoms with van der Waals surface area (Å²) in [5.41, 5.74) is 6.87. The van der Waals surface area contributed by atoms with Gasteiger partial charge in [0, 0.05) is 29.9 Å². The van der Waals surface area contributed by atoms with Gasteiger partial charge in [0.25, 0.3) is 5.91 Å². The largest absolute Gasteiger partial charge is 0.435 e. The number of Topliss-reactive ketones (excluding diaryl/α,β-unsaturated/α-hetero) is 2. The summed E-state index contributed by atoms with van der Waals surface area (Å²) >= 11 is 11.5. The summed E-state index contributed by atoms with van der Waals surface area (Å²) in [5.74, 6) is -1.27. The van der Waals surface area contributed by atoms with E-state index >= 15 is 0 Å². The van der Waals surface area contributed by atoms with Crippen LogP contribution in [0.4, 0.5) is 17.6 Å². The van der Waals surface area contributed by atoms with Gasteiger partial charge in [-0.05, 0) is 65.4 Å². The van der Waals surface area contributed by atoms with Crippen LogP contribution < -0.4 is 15.2 Å². The molecular formula is C36H31Cl2F4N3O5. The van der Waals surface area contributed by atoms with Gasteiger partial charge in [0.1, 0.15) is 11.5 Å². The van der Waals surface area contributed by atoms with Gasteiger partial charge in [-0.25, -0.2) is 4.99 Å². The van der Waals surface area contributed by atoms with Gasteiger partial charge in [-0.15, -0.1) is 23.2 Å². The Hall–Kier alpha value is -4.94. The van der Waals surface area contributed by atoms with Gasteiger partial charge in [-0.3, -0.25) is 19.3 Å². The van der Waals surface area contributed by atoms with Gasteiger partial charge in [0.2, 0.25) is 11.6 Å². The normalized spacial score (nSPS) is 15.4. The summed E-state index contributed by atoms with van der Waals surface area (Å²) in [6.07, 6.45) is 0.538. The van der Waals surface area contributed by atoms with Crippen LogP contribution in [-0.2, 0) is 23.2 Å². The van der Waals surface area contributed by atoms with Crippen molar-refractivity contribution in [3.05, 3.63) is 130 Å². The van der Waals surface area contributed by atoms with E-state index in [9.17, 15) is 31.9 Å². The predicted octanol–water partition coefficient (Wildman–Crippen LogP) is 7.23. The molecule has 0 aliphatic carbocycles. The Bertz CT molecular complexity index is 1850. The van der Waals surface area contributed by atoms with E-state index in [-0.39, 0.29) is 52.7 Å². The second kappa shape index (κ2) is 17.1. The maximum Gasteiger partial charge on any atom is 0.387 e. The van der Waals surface area contributed by atoms with Gasteiger partial charge < -0.3 is 15.2 Å². The van der Waals surface area contributed by atoms with E-state index < -0.39 is 30.3 Å². The van der Waals surface area contributed by atoms with Gasteiger partial charge in [0.15, 0.2) is 11.5 Å². The lowest BCUT2D eigenvalue weighted by Crippen LogP contribution is -2.41. The van der Waals surface area contributed by atoms with E-state index in [1.165, 1.54) is 41.3 Å². The van der Waals surface area contributed by atoms with Crippen molar-refractivity contribution in [1.29, 1.82) is 0 Å². The number of alkyl halides is 6. The summed E-state index contributed by atoms with van der Waals surface area (Å²) in [6, 6.07) is 25.6. The van der Waals surface area contributed by atoms with E-state index in [4.69, 9.17) is 28.9 Å². The summed E-state index contributed by atoms with van der Waals surface area (Å²) in [7, 11) is 1.54. The number of guanidine groups is 1. The van der Waals surface area contributed by atoms with Gasteiger partial charge in [-0.1, -0.05) is 66.7 Å². The molecule has 1 atom stereocenters. The van der Waals surface area contributed by atoms with E-state index in [0.29, 0.717) is 28.7 Å². The first-order valence-corrected chi connectivity index (χ1v) is 16.1. The predicted molar refractivity (Wildman–Crippen MR) is 182 cm³/mol. The molecule has 262 valence electrons. The number of aliphatic imine (C=N–C) groups is 1. The lowest BCUT2D eigenvalue weighted by atomic mass is 9.82. The van der Waals surface area contributed by atoms with E-state index in [1.807, 2.05) is 6.07 Å². The third kappa shape index (κ3) is 8.61. The zero-order valence-electron chi connectivity index (χ0n) is 26.5. The number of rotatable bonds is 13. The number of hydrogen-bond donors (Lipinski definition) is 1. The van der Waals surface area contributed by atoms with Crippen molar-refractivity contribution >= 4 is 46.6 Å². The molecule has 0 fully saturated rings. The number of ether oxygens (including phenoxy) is 2. The minimum absolute atomic E-state index is 0.0216. The lowest BCUT2D eigenvalue weighted by molar-refractivity contribution is -0.129. The van der Waals surface area contributed by atoms with Crippen molar-refractivity contribution in [1.82, 2.24) is 4.90 Å². The molecule has 8 nitrogen and oxygen atoms in total. The Morgan fingerprint density at radius 2 is 1.24 bits per heavy atom. The van der Waals surface area contributed by atoms with Crippen LogP contribution in [0.2, 0.25) is 0 Å². The number of benzene rings is 4. The highest BCUT2D eigenvalue weighted by Gasteiger charge is 2.49. The highest BCUT2D eigenvalue weighted by atomic mass is 35.5.